The monoisotopic (exact) mass is 508 g/mol. The molecule has 0 heterocycles. The molecule has 2 aliphatic rings. The Morgan fingerprint density at radius 3 is 2.26 bits per heavy atom. The molecule has 0 spiro atoms. The molecule has 2 fully saturated rings. The van der Waals surface area contributed by atoms with Crippen molar-refractivity contribution in [3.05, 3.63) is 64.2 Å². The number of benzene rings is 2. The van der Waals surface area contributed by atoms with E-state index in [4.69, 9.17) is 21.4 Å². The van der Waals surface area contributed by atoms with Crippen LogP contribution in [0.5, 0.6) is 5.75 Å². The fourth-order valence-corrected chi connectivity index (χ4v) is 6.33. The highest BCUT2D eigenvalue weighted by Gasteiger charge is 2.77. The lowest BCUT2D eigenvalue weighted by Crippen LogP contribution is -2.72. The van der Waals surface area contributed by atoms with Gasteiger partial charge in [0.05, 0.1) is 47.5 Å². The number of ether oxygens (including phenoxy) is 1. The lowest BCUT2D eigenvalue weighted by Gasteiger charge is -2.56. The summed E-state index contributed by atoms with van der Waals surface area (Å²) in [5.41, 5.74) is -3.18. The van der Waals surface area contributed by atoms with Crippen molar-refractivity contribution in [3.63, 3.8) is 0 Å². The van der Waals surface area contributed by atoms with Crippen LogP contribution in [-0.2, 0) is 11.8 Å². The average Bonchev–Trinajstić information content (AvgIpc) is 3.03. The standard InChI is InChI=1S/C26H33ClO8/c1-24(2,34)25-13-19(29)26(23(25)33,22(32)20(30)21(25)31)16-5-8-18(27)15(12-16)11-14-3-6-17(7-4-14)35-10-9-28/h3-8,12,19-23,28-34H,9-11,13H2,1-2H3/t19?,20-,21-,22+,23?,25-,26-/m1/s1. The van der Waals surface area contributed by atoms with Gasteiger partial charge in [0.15, 0.2) is 0 Å². The Bertz CT molecular complexity index is 1050. The van der Waals surface area contributed by atoms with Crippen LogP contribution in [0.15, 0.2) is 42.5 Å². The van der Waals surface area contributed by atoms with E-state index >= 15 is 0 Å². The second kappa shape index (κ2) is 9.28. The van der Waals surface area contributed by atoms with Gasteiger partial charge in [-0.15, -0.1) is 0 Å². The van der Waals surface area contributed by atoms with Crippen LogP contribution in [0.4, 0.5) is 0 Å². The molecular weight excluding hydrogens is 476 g/mol. The third-order valence-corrected chi connectivity index (χ3v) is 8.42. The second-order valence-corrected chi connectivity index (χ2v) is 10.6. The molecule has 2 saturated carbocycles. The highest BCUT2D eigenvalue weighted by molar-refractivity contribution is 6.31. The van der Waals surface area contributed by atoms with E-state index in [0.717, 1.165) is 5.56 Å². The van der Waals surface area contributed by atoms with Crippen LogP contribution in [0.3, 0.4) is 0 Å². The molecule has 9 heteroatoms. The van der Waals surface area contributed by atoms with E-state index in [-0.39, 0.29) is 19.6 Å². The zero-order valence-electron chi connectivity index (χ0n) is 19.7. The van der Waals surface area contributed by atoms with Crippen LogP contribution in [0.25, 0.3) is 0 Å². The molecule has 7 atom stereocenters. The van der Waals surface area contributed by atoms with Gasteiger partial charge in [-0.3, -0.25) is 0 Å². The summed E-state index contributed by atoms with van der Waals surface area (Å²) in [5, 5.41) is 75.8. The van der Waals surface area contributed by atoms with Gasteiger partial charge < -0.3 is 40.5 Å². The topological polar surface area (TPSA) is 151 Å². The van der Waals surface area contributed by atoms with Gasteiger partial charge in [0, 0.05) is 5.02 Å². The summed E-state index contributed by atoms with van der Waals surface area (Å²) in [6.45, 7) is 2.92. The molecule has 192 valence electrons. The highest BCUT2D eigenvalue weighted by atomic mass is 35.5. The van der Waals surface area contributed by atoms with Crippen LogP contribution < -0.4 is 4.74 Å². The van der Waals surface area contributed by atoms with Crippen molar-refractivity contribution in [1.82, 2.24) is 0 Å². The van der Waals surface area contributed by atoms with Crippen molar-refractivity contribution in [2.24, 2.45) is 5.41 Å². The minimum Gasteiger partial charge on any atom is -0.491 e. The molecule has 0 aromatic heterocycles. The number of halogens is 1. The number of hydrogen-bond donors (Lipinski definition) is 7. The van der Waals surface area contributed by atoms with Crippen LogP contribution in [-0.4, -0.2) is 85.1 Å². The molecule has 8 nitrogen and oxygen atoms in total. The zero-order valence-corrected chi connectivity index (χ0v) is 20.4. The lowest BCUT2D eigenvalue weighted by atomic mass is 9.55. The maximum absolute atomic E-state index is 11.6. The Hall–Kier alpha value is -1.75. The molecule has 2 bridgehead atoms. The summed E-state index contributed by atoms with van der Waals surface area (Å²) in [6, 6.07) is 12.1. The molecule has 35 heavy (non-hydrogen) atoms. The van der Waals surface area contributed by atoms with E-state index in [1.54, 1.807) is 30.3 Å². The molecule has 0 radical (unpaired) electrons. The molecule has 0 amide bonds. The van der Waals surface area contributed by atoms with Gasteiger partial charge >= 0.3 is 0 Å². The Kier molecular flexibility index (Phi) is 6.98. The number of aliphatic hydroxyl groups is 7. The average molecular weight is 509 g/mol. The maximum Gasteiger partial charge on any atom is 0.119 e. The van der Waals surface area contributed by atoms with E-state index in [1.165, 1.54) is 13.8 Å². The molecular formula is C26H33ClO8. The Balaban J connectivity index is 1.75. The number of fused-ring (bicyclic) bond motifs is 2. The van der Waals surface area contributed by atoms with Crippen molar-refractivity contribution >= 4 is 11.6 Å². The van der Waals surface area contributed by atoms with E-state index in [2.05, 4.69) is 0 Å². The third-order valence-electron chi connectivity index (χ3n) is 8.05. The van der Waals surface area contributed by atoms with Crippen LogP contribution in [0.2, 0.25) is 5.02 Å². The largest absolute Gasteiger partial charge is 0.491 e. The minimum absolute atomic E-state index is 0.0874. The molecule has 0 aliphatic heterocycles. The summed E-state index contributed by atoms with van der Waals surface area (Å²) in [6.07, 6.45) is -7.80. The molecule has 0 saturated heterocycles. The summed E-state index contributed by atoms with van der Waals surface area (Å²) in [7, 11) is 0. The first-order chi connectivity index (χ1) is 16.4. The first-order valence-electron chi connectivity index (χ1n) is 11.7. The summed E-state index contributed by atoms with van der Waals surface area (Å²) in [4.78, 5) is 0. The van der Waals surface area contributed by atoms with Crippen molar-refractivity contribution < 1.29 is 40.5 Å². The van der Waals surface area contributed by atoms with E-state index in [9.17, 15) is 30.6 Å². The second-order valence-electron chi connectivity index (χ2n) is 10.2. The molecule has 4 rings (SSSR count). The molecule has 7 N–H and O–H groups in total. The van der Waals surface area contributed by atoms with Gasteiger partial charge in [-0.25, -0.2) is 0 Å². The fraction of sp³-hybridized carbons (Fsp3) is 0.538. The van der Waals surface area contributed by atoms with Gasteiger partial charge in [0.1, 0.15) is 18.5 Å². The fourth-order valence-electron chi connectivity index (χ4n) is 6.14. The van der Waals surface area contributed by atoms with Crippen molar-refractivity contribution in [2.75, 3.05) is 13.2 Å². The number of rotatable bonds is 7. The van der Waals surface area contributed by atoms with Crippen LogP contribution in [0.1, 0.15) is 37.0 Å². The third kappa shape index (κ3) is 3.88. The first kappa shape index (κ1) is 26.3. The van der Waals surface area contributed by atoms with Crippen molar-refractivity contribution in [2.45, 2.75) is 68.2 Å². The molecule has 2 aromatic carbocycles. The van der Waals surface area contributed by atoms with Crippen LogP contribution >= 0.6 is 11.6 Å². The summed E-state index contributed by atoms with van der Waals surface area (Å²) >= 11 is 6.48. The van der Waals surface area contributed by atoms with Gasteiger partial charge in [-0.2, -0.15) is 0 Å². The maximum atomic E-state index is 11.6. The summed E-state index contributed by atoms with van der Waals surface area (Å²) in [5.74, 6) is 0.611. The van der Waals surface area contributed by atoms with Gasteiger partial charge in [-0.05, 0) is 61.6 Å². The minimum atomic E-state index is -1.75. The van der Waals surface area contributed by atoms with Gasteiger partial charge in [-0.1, -0.05) is 35.9 Å². The van der Waals surface area contributed by atoms with Gasteiger partial charge in [0.25, 0.3) is 0 Å². The number of aliphatic hydroxyl groups excluding tert-OH is 6. The molecule has 2 aliphatic carbocycles. The van der Waals surface area contributed by atoms with Crippen molar-refractivity contribution in [3.8, 4) is 5.75 Å². The smallest absolute Gasteiger partial charge is 0.119 e. The normalized spacial score (nSPS) is 34.7. The van der Waals surface area contributed by atoms with E-state index in [0.29, 0.717) is 28.3 Å². The number of hydrogen-bond acceptors (Lipinski definition) is 8. The van der Waals surface area contributed by atoms with E-state index < -0.39 is 47.0 Å². The summed E-state index contributed by atoms with van der Waals surface area (Å²) < 4.78 is 5.38. The van der Waals surface area contributed by atoms with E-state index in [1.807, 2.05) is 12.1 Å². The lowest BCUT2D eigenvalue weighted by molar-refractivity contribution is -0.254. The Morgan fingerprint density at radius 2 is 1.66 bits per heavy atom. The first-order valence-corrected chi connectivity index (χ1v) is 12.0. The Labute approximate surface area is 209 Å². The molecule has 2 unspecified atom stereocenters. The Morgan fingerprint density at radius 1 is 1.00 bits per heavy atom. The predicted octanol–water partition coefficient (Wildman–Crippen LogP) is 0.519. The van der Waals surface area contributed by atoms with Crippen LogP contribution in [0, 0.1) is 5.41 Å². The zero-order chi connectivity index (χ0) is 25.8. The highest BCUT2D eigenvalue weighted by Crippen LogP contribution is 2.63. The SMILES string of the molecule is CC(C)(O)[C@@]12CC(O)[C@@](c3ccc(Cl)c(Cc4ccc(OCCO)cc4)c3)(C1O)[C@@H](O)[C@H](O)[C@H]2O. The van der Waals surface area contributed by atoms with Crippen molar-refractivity contribution in [1.29, 1.82) is 0 Å². The predicted molar refractivity (Wildman–Crippen MR) is 128 cm³/mol. The molecule has 2 aromatic rings. The van der Waals surface area contributed by atoms with Gasteiger partial charge in [0.2, 0.25) is 0 Å². The quantitative estimate of drug-likeness (QED) is 0.286.